The maximum atomic E-state index is 9.39. The summed E-state index contributed by atoms with van der Waals surface area (Å²) >= 11 is 5.56. The summed E-state index contributed by atoms with van der Waals surface area (Å²) < 4.78 is 2.64. The molecule has 3 aromatic rings. The Bertz CT molecular complexity index is 1040. The second-order valence-electron chi connectivity index (χ2n) is 6.66. The molecule has 2 aromatic heterocycles. The molecule has 0 spiro atoms. The Kier molecular flexibility index (Phi) is 4.45. The van der Waals surface area contributed by atoms with Crippen LogP contribution in [-0.4, -0.2) is 33.7 Å². The zero-order valence-corrected chi connectivity index (χ0v) is 15.2. The van der Waals surface area contributed by atoms with Gasteiger partial charge in [0, 0.05) is 25.3 Å². The summed E-state index contributed by atoms with van der Waals surface area (Å²) in [6.07, 6.45) is 3.93. The number of nitrogens with zero attached hydrogens (tertiary/aromatic N) is 4. The molecule has 0 saturated carbocycles. The Morgan fingerprint density at radius 3 is 3.00 bits per heavy atom. The van der Waals surface area contributed by atoms with Gasteiger partial charge in [-0.2, -0.15) is 5.26 Å². The van der Waals surface area contributed by atoms with Crippen LogP contribution in [0, 0.1) is 16.1 Å². The first-order valence-electron chi connectivity index (χ1n) is 8.73. The minimum Gasteiger partial charge on any atom is -0.368 e. The Balaban J connectivity index is 1.83. The standard InChI is InChI=1S/C19H20N6S/c20-10-13-4-1-2-5-14(13)11-25-17-16(24-9-3-6-15(21)12-24)7-8-22-18(17)23-19(25)26/h1-2,4-5,7-8,15H,3,6,9,11-12,21H2,(H,22,23,26). The number of nitriles is 1. The van der Waals surface area contributed by atoms with Gasteiger partial charge in [0.1, 0.15) is 5.52 Å². The SMILES string of the molecule is N#Cc1ccccc1Cn1c(=S)[nH]c2nccc(N3CCCC(N)C3)c21. The number of aromatic nitrogens is 3. The molecule has 4 rings (SSSR count). The van der Waals surface area contributed by atoms with Gasteiger partial charge in [-0.25, -0.2) is 4.98 Å². The lowest BCUT2D eigenvalue weighted by atomic mass is 10.1. The maximum Gasteiger partial charge on any atom is 0.179 e. The van der Waals surface area contributed by atoms with Crippen LogP contribution >= 0.6 is 12.2 Å². The van der Waals surface area contributed by atoms with E-state index >= 15 is 0 Å². The molecule has 7 heteroatoms. The highest BCUT2D eigenvalue weighted by molar-refractivity contribution is 7.71. The summed E-state index contributed by atoms with van der Waals surface area (Å²) in [7, 11) is 0. The van der Waals surface area contributed by atoms with Crippen molar-refractivity contribution in [3.05, 3.63) is 52.4 Å². The normalized spacial score (nSPS) is 17.4. The zero-order chi connectivity index (χ0) is 18.1. The van der Waals surface area contributed by atoms with Gasteiger partial charge >= 0.3 is 0 Å². The molecule has 1 atom stereocenters. The number of nitrogens with one attached hydrogen (secondary N) is 1. The topological polar surface area (TPSA) is 86.7 Å². The highest BCUT2D eigenvalue weighted by atomic mass is 32.1. The Morgan fingerprint density at radius 1 is 1.35 bits per heavy atom. The predicted molar refractivity (Wildman–Crippen MR) is 105 cm³/mol. The largest absolute Gasteiger partial charge is 0.368 e. The number of H-pyrrole nitrogens is 1. The van der Waals surface area contributed by atoms with E-state index in [-0.39, 0.29) is 6.04 Å². The molecule has 6 nitrogen and oxygen atoms in total. The summed E-state index contributed by atoms with van der Waals surface area (Å²) in [4.78, 5) is 9.97. The number of rotatable bonds is 3. The van der Waals surface area contributed by atoms with Gasteiger partial charge in [-0.3, -0.25) is 0 Å². The molecule has 132 valence electrons. The van der Waals surface area contributed by atoms with E-state index in [1.807, 2.05) is 34.9 Å². The number of benzene rings is 1. The lowest BCUT2D eigenvalue weighted by molar-refractivity contribution is 0.506. The van der Waals surface area contributed by atoms with Gasteiger partial charge in [0.2, 0.25) is 0 Å². The average Bonchev–Trinajstić information content (AvgIpc) is 2.97. The number of anilines is 1. The molecule has 26 heavy (non-hydrogen) atoms. The van der Waals surface area contributed by atoms with E-state index in [1.54, 1.807) is 6.20 Å². The van der Waals surface area contributed by atoms with Crippen LogP contribution in [0.2, 0.25) is 0 Å². The van der Waals surface area contributed by atoms with Crippen LogP contribution in [0.3, 0.4) is 0 Å². The van der Waals surface area contributed by atoms with E-state index < -0.39 is 0 Å². The lowest BCUT2D eigenvalue weighted by Gasteiger charge is -2.33. The monoisotopic (exact) mass is 364 g/mol. The first kappa shape index (κ1) is 16.8. The van der Waals surface area contributed by atoms with Crippen molar-refractivity contribution in [2.45, 2.75) is 25.4 Å². The third-order valence-electron chi connectivity index (χ3n) is 4.91. The molecular formula is C19H20N6S. The second-order valence-corrected chi connectivity index (χ2v) is 7.05. The summed E-state index contributed by atoms with van der Waals surface area (Å²) in [5.41, 5.74) is 10.6. The van der Waals surface area contributed by atoms with Crippen LogP contribution < -0.4 is 10.6 Å². The van der Waals surface area contributed by atoms with E-state index in [0.29, 0.717) is 16.9 Å². The first-order valence-corrected chi connectivity index (χ1v) is 9.14. The summed E-state index contributed by atoms with van der Waals surface area (Å²) in [6, 6.07) is 12.1. The predicted octanol–water partition coefficient (Wildman–Crippen LogP) is 2.94. The molecule has 3 heterocycles. The van der Waals surface area contributed by atoms with Crippen molar-refractivity contribution >= 4 is 29.1 Å². The number of nitrogens with two attached hydrogens (primary N) is 1. The van der Waals surface area contributed by atoms with Gasteiger partial charge in [0.25, 0.3) is 0 Å². The summed E-state index contributed by atoms with van der Waals surface area (Å²) in [6.45, 7) is 2.33. The van der Waals surface area contributed by atoms with E-state index in [4.69, 9.17) is 18.0 Å². The quantitative estimate of drug-likeness (QED) is 0.698. The van der Waals surface area contributed by atoms with E-state index in [0.717, 1.165) is 48.3 Å². The number of pyridine rings is 1. The molecule has 3 N–H and O–H groups in total. The van der Waals surface area contributed by atoms with Crippen LogP contribution in [0.4, 0.5) is 5.69 Å². The van der Waals surface area contributed by atoms with Crippen molar-refractivity contribution in [2.24, 2.45) is 5.73 Å². The Hall–Kier alpha value is -2.69. The first-order chi connectivity index (χ1) is 12.7. The summed E-state index contributed by atoms with van der Waals surface area (Å²) in [5, 5.41) is 9.39. The van der Waals surface area contributed by atoms with Crippen LogP contribution in [-0.2, 0) is 6.54 Å². The van der Waals surface area contributed by atoms with Crippen LogP contribution in [0.25, 0.3) is 11.2 Å². The zero-order valence-electron chi connectivity index (χ0n) is 14.4. The lowest BCUT2D eigenvalue weighted by Crippen LogP contribution is -2.43. The maximum absolute atomic E-state index is 9.39. The van der Waals surface area contributed by atoms with Crippen molar-refractivity contribution < 1.29 is 0 Å². The van der Waals surface area contributed by atoms with Gasteiger partial charge in [0.15, 0.2) is 10.4 Å². The van der Waals surface area contributed by atoms with Gasteiger partial charge < -0.3 is 20.2 Å². The molecule has 1 saturated heterocycles. The van der Waals surface area contributed by atoms with E-state index in [9.17, 15) is 5.26 Å². The van der Waals surface area contributed by atoms with Gasteiger partial charge in [0.05, 0.1) is 23.9 Å². The van der Waals surface area contributed by atoms with Crippen molar-refractivity contribution in [1.29, 1.82) is 5.26 Å². The fourth-order valence-electron chi connectivity index (χ4n) is 3.64. The molecule has 1 fully saturated rings. The van der Waals surface area contributed by atoms with E-state index in [1.165, 1.54) is 0 Å². The summed E-state index contributed by atoms with van der Waals surface area (Å²) in [5.74, 6) is 0. The van der Waals surface area contributed by atoms with Crippen molar-refractivity contribution in [3.8, 4) is 6.07 Å². The molecule has 1 unspecified atom stereocenters. The minimum atomic E-state index is 0.182. The smallest absolute Gasteiger partial charge is 0.179 e. The number of imidazole rings is 1. The fourth-order valence-corrected chi connectivity index (χ4v) is 3.90. The molecule has 0 radical (unpaired) electrons. The molecular weight excluding hydrogens is 344 g/mol. The van der Waals surface area contributed by atoms with Crippen molar-refractivity contribution in [1.82, 2.24) is 14.5 Å². The van der Waals surface area contributed by atoms with Gasteiger partial charge in [-0.15, -0.1) is 0 Å². The number of fused-ring (bicyclic) bond motifs is 1. The average molecular weight is 364 g/mol. The Morgan fingerprint density at radius 2 is 2.19 bits per heavy atom. The van der Waals surface area contributed by atoms with Crippen LogP contribution in [0.1, 0.15) is 24.0 Å². The fraction of sp³-hybridized carbons (Fsp3) is 0.316. The number of piperidine rings is 1. The molecule has 0 bridgehead atoms. The molecule has 1 aliphatic rings. The molecule has 0 amide bonds. The van der Waals surface area contributed by atoms with E-state index in [2.05, 4.69) is 20.9 Å². The Labute approximate surface area is 156 Å². The van der Waals surface area contributed by atoms with Crippen LogP contribution in [0.15, 0.2) is 36.5 Å². The number of aromatic amines is 1. The highest BCUT2D eigenvalue weighted by Crippen LogP contribution is 2.28. The van der Waals surface area contributed by atoms with Gasteiger partial charge in [-0.1, -0.05) is 18.2 Å². The van der Waals surface area contributed by atoms with Gasteiger partial charge in [-0.05, 0) is 42.8 Å². The second kappa shape index (κ2) is 6.90. The van der Waals surface area contributed by atoms with Crippen LogP contribution in [0.5, 0.6) is 0 Å². The third kappa shape index (κ3) is 2.98. The highest BCUT2D eigenvalue weighted by Gasteiger charge is 2.21. The molecule has 1 aliphatic heterocycles. The van der Waals surface area contributed by atoms with Crippen molar-refractivity contribution in [3.63, 3.8) is 0 Å². The molecule has 0 aliphatic carbocycles. The van der Waals surface area contributed by atoms with Crippen molar-refractivity contribution in [2.75, 3.05) is 18.0 Å². The third-order valence-corrected chi connectivity index (χ3v) is 5.23. The minimum absolute atomic E-state index is 0.182. The number of hydrogen-bond acceptors (Lipinski definition) is 5. The number of hydrogen-bond donors (Lipinski definition) is 2. The molecule has 1 aromatic carbocycles.